The predicted molar refractivity (Wildman–Crippen MR) is 125 cm³/mol. The summed E-state index contributed by atoms with van der Waals surface area (Å²) in [6.45, 7) is 3.08. The molecule has 0 spiro atoms. The van der Waals surface area contributed by atoms with Gasteiger partial charge in [0.25, 0.3) is 0 Å². The minimum atomic E-state index is 0.309. The molecule has 3 aliphatic rings. The quantitative estimate of drug-likeness (QED) is 0.696. The Labute approximate surface area is 182 Å². The van der Waals surface area contributed by atoms with Crippen molar-refractivity contribution < 1.29 is 4.74 Å². The molecule has 3 heterocycles. The van der Waals surface area contributed by atoms with Crippen molar-refractivity contribution in [2.24, 2.45) is 0 Å². The molecule has 0 saturated heterocycles. The first-order valence-corrected chi connectivity index (χ1v) is 11.9. The average Bonchev–Trinajstić information content (AvgIpc) is 3.65. The van der Waals surface area contributed by atoms with Crippen molar-refractivity contribution in [3.05, 3.63) is 70.9 Å². The van der Waals surface area contributed by atoms with Crippen LogP contribution >= 0.6 is 11.8 Å². The third kappa shape index (κ3) is 4.35. The highest BCUT2D eigenvalue weighted by molar-refractivity contribution is 8.02. The van der Waals surface area contributed by atoms with Crippen molar-refractivity contribution in [1.29, 1.82) is 0 Å². The lowest BCUT2D eigenvalue weighted by atomic mass is 10.1. The molecule has 30 heavy (non-hydrogen) atoms. The maximum absolute atomic E-state index is 5.89. The van der Waals surface area contributed by atoms with Crippen molar-refractivity contribution in [1.82, 2.24) is 15.6 Å². The second kappa shape index (κ2) is 8.74. The first-order chi connectivity index (χ1) is 14.8. The van der Waals surface area contributed by atoms with E-state index in [1.807, 2.05) is 0 Å². The molecular weight excluding hydrogens is 392 g/mol. The molecule has 1 aromatic heterocycles. The van der Waals surface area contributed by atoms with Gasteiger partial charge in [-0.05, 0) is 60.9 Å². The molecule has 0 amide bonds. The number of anilines is 2. The Morgan fingerprint density at radius 2 is 2.07 bits per heavy atom. The third-order valence-corrected chi connectivity index (χ3v) is 6.56. The average molecular weight is 421 g/mol. The molecule has 2 aliphatic heterocycles. The molecule has 1 fully saturated rings. The van der Waals surface area contributed by atoms with E-state index in [2.05, 4.69) is 76.5 Å². The SMILES string of the molecule is CSC1=CNC(CNCc2ccc3c(n2)OCCN3c2ccc(C3CC3)cc2)C=C1. The number of pyridine rings is 1. The van der Waals surface area contributed by atoms with Gasteiger partial charge in [0.2, 0.25) is 5.88 Å². The monoisotopic (exact) mass is 420 g/mol. The van der Waals surface area contributed by atoms with E-state index in [0.717, 1.165) is 42.8 Å². The van der Waals surface area contributed by atoms with Crippen molar-refractivity contribution in [2.45, 2.75) is 31.3 Å². The summed E-state index contributed by atoms with van der Waals surface area (Å²) < 4.78 is 5.89. The number of hydrogen-bond acceptors (Lipinski definition) is 6. The van der Waals surface area contributed by atoms with Crippen molar-refractivity contribution in [2.75, 3.05) is 30.9 Å². The molecule has 2 aromatic rings. The predicted octanol–water partition coefficient (Wildman–Crippen LogP) is 4.31. The number of nitrogens with zero attached hydrogens (tertiary/aromatic N) is 2. The number of fused-ring (bicyclic) bond motifs is 1. The molecule has 6 heteroatoms. The first kappa shape index (κ1) is 19.5. The van der Waals surface area contributed by atoms with Gasteiger partial charge in [0.1, 0.15) is 12.3 Å². The zero-order chi connectivity index (χ0) is 20.3. The summed E-state index contributed by atoms with van der Waals surface area (Å²) in [4.78, 5) is 8.34. The molecule has 1 aliphatic carbocycles. The lowest BCUT2D eigenvalue weighted by molar-refractivity contribution is 0.300. The van der Waals surface area contributed by atoms with Crippen LogP contribution in [-0.2, 0) is 6.54 Å². The van der Waals surface area contributed by atoms with E-state index in [1.165, 1.54) is 29.0 Å². The van der Waals surface area contributed by atoms with Gasteiger partial charge in [0, 0.05) is 29.9 Å². The Hall–Kier alpha value is -2.44. The lowest BCUT2D eigenvalue weighted by Gasteiger charge is -2.31. The summed E-state index contributed by atoms with van der Waals surface area (Å²) in [5.41, 5.74) is 4.73. The molecule has 1 aromatic carbocycles. The molecule has 2 N–H and O–H groups in total. The van der Waals surface area contributed by atoms with Crippen LogP contribution < -0.4 is 20.3 Å². The number of ether oxygens (including phenoxy) is 1. The van der Waals surface area contributed by atoms with E-state index in [4.69, 9.17) is 9.72 Å². The minimum Gasteiger partial charge on any atom is -0.474 e. The first-order valence-electron chi connectivity index (χ1n) is 10.7. The maximum atomic E-state index is 5.89. The Kier molecular flexibility index (Phi) is 5.69. The van der Waals surface area contributed by atoms with E-state index in [-0.39, 0.29) is 0 Å². The molecular formula is C24H28N4OS. The summed E-state index contributed by atoms with van der Waals surface area (Å²) in [5, 5.41) is 6.91. The fraction of sp³-hybridized carbons (Fsp3) is 0.375. The number of benzene rings is 1. The Morgan fingerprint density at radius 1 is 1.20 bits per heavy atom. The van der Waals surface area contributed by atoms with Gasteiger partial charge < -0.3 is 20.3 Å². The van der Waals surface area contributed by atoms with Gasteiger partial charge >= 0.3 is 0 Å². The maximum Gasteiger partial charge on any atom is 0.238 e. The topological polar surface area (TPSA) is 49.4 Å². The molecule has 5 rings (SSSR count). The highest BCUT2D eigenvalue weighted by atomic mass is 32.2. The van der Waals surface area contributed by atoms with E-state index >= 15 is 0 Å². The fourth-order valence-electron chi connectivity index (χ4n) is 3.96. The minimum absolute atomic E-state index is 0.309. The zero-order valence-electron chi connectivity index (χ0n) is 17.3. The van der Waals surface area contributed by atoms with Gasteiger partial charge in [0.15, 0.2) is 0 Å². The van der Waals surface area contributed by atoms with Gasteiger partial charge in [-0.15, -0.1) is 11.8 Å². The summed E-state index contributed by atoms with van der Waals surface area (Å²) >= 11 is 1.75. The lowest BCUT2D eigenvalue weighted by Crippen LogP contribution is -2.35. The van der Waals surface area contributed by atoms with Crippen molar-refractivity contribution in [3.63, 3.8) is 0 Å². The molecule has 156 valence electrons. The number of dihydropyridines is 1. The second-order valence-corrected chi connectivity index (χ2v) is 8.89. The fourth-order valence-corrected chi connectivity index (χ4v) is 4.36. The van der Waals surface area contributed by atoms with Crippen LogP contribution in [-0.4, -0.2) is 37.0 Å². The van der Waals surface area contributed by atoms with Gasteiger partial charge in [-0.25, -0.2) is 4.98 Å². The molecule has 1 saturated carbocycles. The Morgan fingerprint density at radius 3 is 2.80 bits per heavy atom. The van der Waals surface area contributed by atoms with Crippen LogP contribution in [0.25, 0.3) is 0 Å². The normalized spacial score (nSPS) is 20.2. The number of aromatic nitrogens is 1. The Bertz CT molecular complexity index is 952. The molecule has 5 nitrogen and oxygen atoms in total. The molecule has 1 atom stereocenters. The summed E-state index contributed by atoms with van der Waals surface area (Å²) in [6, 6.07) is 13.6. The van der Waals surface area contributed by atoms with Crippen LogP contribution in [0.15, 0.2) is 59.7 Å². The highest BCUT2D eigenvalue weighted by Gasteiger charge is 2.25. The molecule has 1 unspecified atom stereocenters. The smallest absolute Gasteiger partial charge is 0.238 e. The highest BCUT2D eigenvalue weighted by Crippen LogP contribution is 2.41. The summed E-state index contributed by atoms with van der Waals surface area (Å²) in [5.74, 6) is 1.52. The van der Waals surface area contributed by atoms with Crippen LogP contribution in [0.5, 0.6) is 5.88 Å². The number of hydrogen-bond donors (Lipinski definition) is 2. The number of allylic oxidation sites excluding steroid dienone is 1. The Balaban J connectivity index is 1.21. The van der Waals surface area contributed by atoms with Crippen LogP contribution in [0.2, 0.25) is 0 Å². The van der Waals surface area contributed by atoms with Gasteiger partial charge in [-0.1, -0.05) is 18.2 Å². The molecule has 0 radical (unpaired) electrons. The number of thioether (sulfide) groups is 1. The number of rotatable bonds is 7. The zero-order valence-corrected chi connectivity index (χ0v) is 18.1. The number of nitrogens with one attached hydrogen (secondary N) is 2. The van der Waals surface area contributed by atoms with Gasteiger partial charge in [-0.3, -0.25) is 0 Å². The van der Waals surface area contributed by atoms with Crippen molar-refractivity contribution in [3.8, 4) is 5.88 Å². The van der Waals surface area contributed by atoms with Gasteiger partial charge in [0.05, 0.1) is 18.3 Å². The second-order valence-electron chi connectivity index (χ2n) is 8.01. The molecule has 0 bridgehead atoms. The summed E-state index contributed by atoms with van der Waals surface area (Å²) in [6.07, 6.45) is 11.2. The summed E-state index contributed by atoms with van der Waals surface area (Å²) in [7, 11) is 0. The van der Waals surface area contributed by atoms with Crippen LogP contribution in [0, 0.1) is 0 Å². The largest absolute Gasteiger partial charge is 0.474 e. The van der Waals surface area contributed by atoms with E-state index in [0.29, 0.717) is 12.6 Å². The van der Waals surface area contributed by atoms with E-state index < -0.39 is 0 Å². The third-order valence-electron chi connectivity index (χ3n) is 5.83. The van der Waals surface area contributed by atoms with E-state index in [9.17, 15) is 0 Å². The van der Waals surface area contributed by atoms with Crippen molar-refractivity contribution >= 4 is 23.1 Å². The van der Waals surface area contributed by atoms with Crippen LogP contribution in [0.4, 0.5) is 11.4 Å². The van der Waals surface area contributed by atoms with Crippen LogP contribution in [0.1, 0.15) is 30.0 Å². The standard InChI is InChI=1S/C24H28N4OS/c1-30-22-10-6-19(26-16-22)14-25-15-20-7-11-23-24(27-20)29-13-12-28(23)21-8-4-18(5-9-21)17-2-3-17/h4-11,16-17,19,25-26H,2-3,12-15H2,1H3. The van der Waals surface area contributed by atoms with E-state index in [1.54, 1.807) is 11.8 Å². The van der Waals surface area contributed by atoms with Gasteiger partial charge in [-0.2, -0.15) is 0 Å². The van der Waals surface area contributed by atoms with Crippen LogP contribution in [0.3, 0.4) is 0 Å².